The van der Waals surface area contributed by atoms with E-state index < -0.39 is 17.7 Å². The van der Waals surface area contributed by atoms with Crippen LogP contribution < -0.4 is 4.74 Å². The summed E-state index contributed by atoms with van der Waals surface area (Å²) in [6.45, 7) is 1.80. The number of rotatable bonds is 4. The van der Waals surface area contributed by atoms with Crippen molar-refractivity contribution in [3.05, 3.63) is 64.7 Å². The monoisotopic (exact) mass is 278 g/mol. The van der Waals surface area contributed by atoms with Gasteiger partial charge in [0.2, 0.25) is 0 Å². The maximum atomic E-state index is 13.6. The predicted molar refractivity (Wildman–Crippen MR) is 72.8 cm³/mol. The number of hydrogen-bond acceptors (Lipinski definition) is 2. The average Bonchev–Trinajstić information content (AvgIpc) is 2.41. The SMILES string of the molecule is COc1ccc(CC(O)c2cc(F)ccc2C)cc1F. The molecule has 0 fully saturated rings. The van der Waals surface area contributed by atoms with Gasteiger partial charge in [-0.15, -0.1) is 0 Å². The second-order valence-electron chi connectivity index (χ2n) is 4.69. The summed E-state index contributed by atoms with van der Waals surface area (Å²) >= 11 is 0. The molecule has 0 saturated heterocycles. The number of aliphatic hydroxyl groups is 1. The lowest BCUT2D eigenvalue weighted by Crippen LogP contribution is -2.05. The van der Waals surface area contributed by atoms with E-state index in [0.29, 0.717) is 11.1 Å². The second-order valence-corrected chi connectivity index (χ2v) is 4.69. The van der Waals surface area contributed by atoms with Crippen LogP contribution in [0, 0.1) is 18.6 Å². The van der Waals surface area contributed by atoms with Gasteiger partial charge in [-0.05, 0) is 47.9 Å². The number of ether oxygens (including phenoxy) is 1. The average molecular weight is 278 g/mol. The van der Waals surface area contributed by atoms with Gasteiger partial charge in [-0.3, -0.25) is 0 Å². The summed E-state index contributed by atoms with van der Waals surface area (Å²) in [5, 5.41) is 10.2. The van der Waals surface area contributed by atoms with Gasteiger partial charge in [0.1, 0.15) is 5.82 Å². The highest BCUT2D eigenvalue weighted by Gasteiger charge is 2.13. The highest BCUT2D eigenvalue weighted by Crippen LogP contribution is 2.25. The zero-order chi connectivity index (χ0) is 14.7. The van der Waals surface area contributed by atoms with E-state index in [9.17, 15) is 13.9 Å². The largest absolute Gasteiger partial charge is 0.494 e. The standard InChI is InChI=1S/C16H16F2O2/c1-10-3-5-12(17)9-13(10)15(19)8-11-4-6-16(20-2)14(18)7-11/h3-7,9,15,19H,8H2,1-2H3. The van der Waals surface area contributed by atoms with Gasteiger partial charge in [-0.1, -0.05) is 12.1 Å². The topological polar surface area (TPSA) is 29.5 Å². The van der Waals surface area contributed by atoms with E-state index in [4.69, 9.17) is 4.74 Å². The van der Waals surface area contributed by atoms with E-state index in [1.165, 1.54) is 31.4 Å². The van der Waals surface area contributed by atoms with Gasteiger partial charge in [-0.2, -0.15) is 0 Å². The smallest absolute Gasteiger partial charge is 0.165 e. The molecule has 106 valence electrons. The normalized spacial score (nSPS) is 12.2. The van der Waals surface area contributed by atoms with Crippen LogP contribution in [0.5, 0.6) is 5.75 Å². The minimum atomic E-state index is -0.876. The number of halogens is 2. The Morgan fingerprint density at radius 2 is 1.90 bits per heavy atom. The number of benzene rings is 2. The summed E-state index contributed by atoms with van der Waals surface area (Å²) in [5.41, 5.74) is 1.94. The molecule has 0 aliphatic rings. The van der Waals surface area contributed by atoms with Crippen LogP contribution in [0.2, 0.25) is 0 Å². The van der Waals surface area contributed by atoms with Crippen LogP contribution in [0.3, 0.4) is 0 Å². The Hall–Kier alpha value is -1.94. The Kier molecular flexibility index (Phi) is 4.35. The van der Waals surface area contributed by atoms with Crippen LogP contribution in [-0.4, -0.2) is 12.2 Å². The van der Waals surface area contributed by atoms with E-state index in [0.717, 1.165) is 5.56 Å². The molecule has 0 aromatic heterocycles. The van der Waals surface area contributed by atoms with E-state index >= 15 is 0 Å². The van der Waals surface area contributed by atoms with E-state index in [2.05, 4.69) is 0 Å². The number of aliphatic hydroxyl groups excluding tert-OH is 1. The summed E-state index contributed by atoms with van der Waals surface area (Å²) in [6.07, 6.45) is -0.663. The van der Waals surface area contributed by atoms with Crippen LogP contribution in [-0.2, 0) is 6.42 Å². The molecule has 2 aromatic rings. The lowest BCUT2D eigenvalue weighted by molar-refractivity contribution is 0.177. The van der Waals surface area contributed by atoms with Gasteiger partial charge in [0.05, 0.1) is 13.2 Å². The Morgan fingerprint density at radius 3 is 2.55 bits per heavy atom. The minimum absolute atomic E-state index is 0.158. The van der Waals surface area contributed by atoms with Gasteiger partial charge in [0.15, 0.2) is 11.6 Å². The molecule has 2 rings (SSSR count). The Morgan fingerprint density at radius 1 is 1.15 bits per heavy atom. The van der Waals surface area contributed by atoms with E-state index in [1.54, 1.807) is 19.1 Å². The highest BCUT2D eigenvalue weighted by molar-refractivity contribution is 5.33. The van der Waals surface area contributed by atoms with Crippen molar-refractivity contribution in [1.82, 2.24) is 0 Å². The summed E-state index contributed by atoms with van der Waals surface area (Å²) < 4.78 is 31.6. The molecular formula is C16H16F2O2. The quantitative estimate of drug-likeness (QED) is 0.926. The van der Waals surface area contributed by atoms with E-state index in [1.807, 2.05) is 0 Å². The van der Waals surface area contributed by atoms with Gasteiger partial charge in [-0.25, -0.2) is 8.78 Å². The van der Waals surface area contributed by atoms with Crippen LogP contribution in [0.25, 0.3) is 0 Å². The van der Waals surface area contributed by atoms with Crippen molar-refractivity contribution in [1.29, 1.82) is 0 Å². The summed E-state index contributed by atoms with van der Waals surface area (Å²) in [5.74, 6) is -0.719. The fourth-order valence-electron chi connectivity index (χ4n) is 2.14. The Balaban J connectivity index is 2.21. The third-order valence-electron chi connectivity index (χ3n) is 3.25. The molecule has 1 atom stereocenters. The number of aryl methyl sites for hydroxylation is 1. The summed E-state index contributed by atoms with van der Waals surface area (Å²) in [4.78, 5) is 0. The van der Waals surface area contributed by atoms with Crippen LogP contribution >= 0.6 is 0 Å². The van der Waals surface area contributed by atoms with Crippen molar-refractivity contribution in [2.45, 2.75) is 19.4 Å². The molecule has 0 bridgehead atoms. The molecule has 0 saturated carbocycles. The summed E-state index contributed by atoms with van der Waals surface area (Å²) in [7, 11) is 1.39. The molecule has 0 radical (unpaired) electrons. The molecular weight excluding hydrogens is 262 g/mol. The molecule has 1 unspecified atom stereocenters. The van der Waals surface area contributed by atoms with Crippen molar-refractivity contribution in [3.63, 3.8) is 0 Å². The van der Waals surface area contributed by atoms with Gasteiger partial charge in [0.25, 0.3) is 0 Å². The van der Waals surface area contributed by atoms with Crippen molar-refractivity contribution in [3.8, 4) is 5.75 Å². The molecule has 4 heteroatoms. The van der Waals surface area contributed by atoms with Gasteiger partial charge >= 0.3 is 0 Å². The van der Waals surface area contributed by atoms with Gasteiger partial charge < -0.3 is 9.84 Å². The van der Waals surface area contributed by atoms with Gasteiger partial charge in [0, 0.05) is 6.42 Å². The third kappa shape index (κ3) is 3.14. The first-order valence-corrected chi connectivity index (χ1v) is 6.28. The Bertz CT molecular complexity index is 611. The lowest BCUT2D eigenvalue weighted by atomic mass is 9.97. The maximum absolute atomic E-state index is 13.6. The van der Waals surface area contributed by atoms with Crippen molar-refractivity contribution in [2.75, 3.05) is 7.11 Å². The first-order valence-electron chi connectivity index (χ1n) is 6.28. The number of methoxy groups -OCH3 is 1. The molecule has 0 aliphatic carbocycles. The third-order valence-corrected chi connectivity index (χ3v) is 3.25. The fraction of sp³-hybridized carbons (Fsp3) is 0.250. The van der Waals surface area contributed by atoms with Crippen molar-refractivity contribution >= 4 is 0 Å². The zero-order valence-corrected chi connectivity index (χ0v) is 11.4. The first-order chi connectivity index (χ1) is 9.51. The molecule has 0 spiro atoms. The fourth-order valence-corrected chi connectivity index (χ4v) is 2.14. The van der Waals surface area contributed by atoms with Crippen LogP contribution in [0.15, 0.2) is 36.4 Å². The second kappa shape index (κ2) is 6.01. The molecule has 2 nitrogen and oxygen atoms in total. The Labute approximate surface area is 116 Å². The summed E-state index contributed by atoms with van der Waals surface area (Å²) in [6, 6.07) is 8.77. The zero-order valence-electron chi connectivity index (χ0n) is 11.4. The minimum Gasteiger partial charge on any atom is -0.494 e. The van der Waals surface area contributed by atoms with E-state index in [-0.39, 0.29) is 12.2 Å². The lowest BCUT2D eigenvalue weighted by Gasteiger charge is -2.14. The van der Waals surface area contributed by atoms with Crippen LogP contribution in [0.1, 0.15) is 22.8 Å². The molecule has 1 N–H and O–H groups in total. The van der Waals surface area contributed by atoms with Crippen LogP contribution in [0.4, 0.5) is 8.78 Å². The highest BCUT2D eigenvalue weighted by atomic mass is 19.1. The number of hydrogen-bond donors (Lipinski definition) is 1. The van der Waals surface area contributed by atoms with Crippen molar-refractivity contribution in [2.24, 2.45) is 0 Å². The van der Waals surface area contributed by atoms with Crippen molar-refractivity contribution < 1.29 is 18.6 Å². The first kappa shape index (κ1) is 14.5. The molecule has 20 heavy (non-hydrogen) atoms. The molecule has 0 amide bonds. The molecule has 2 aromatic carbocycles. The molecule has 0 heterocycles. The maximum Gasteiger partial charge on any atom is 0.165 e. The molecule has 0 aliphatic heterocycles. The predicted octanol–water partition coefficient (Wildman–Crippen LogP) is 3.56.